The number of carboxylic acid groups (broad SMARTS) is 1. The largest absolute Gasteiger partial charge is 0.477 e. The van der Waals surface area contributed by atoms with Gasteiger partial charge in [-0.05, 0) is 6.08 Å². The molecule has 0 amide bonds. The smallest absolute Gasteiger partial charge is 0.351 e. The minimum absolute atomic E-state index is 0.0120. The van der Waals surface area contributed by atoms with Crippen LogP contribution in [0.2, 0.25) is 0 Å². The van der Waals surface area contributed by atoms with Crippen LogP contribution in [0.4, 0.5) is 0 Å². The maximum Gasteiger partial charge on any atom is 0.351 e. The second-order valence-electron chi connectivity index (χ2n) is 1.30. The molecule has 0 aromatic carbocycles. The Morgan fingerprint density at radius 2 is 2.33 bits per heavy atom. The van der Waals surface area contributed by atoms with E-state index in [1.165, 1.54) is 6.08 Å². The van der Waals surface area contributed by atoms with Crippen LogP contribution in [0.15, 0.2) is 11.8 Å². The van der Waals surface area contributed by atoms with Crippen molar-refractivity contribution in [2.75, 3.05) is 6.61 Å². The van der Waals surface area contributed by atoms with Crippen LogP contribution in [0.25, 0.3) is 0 Å². The molecule has 0 aliphatic rings. The third-order valence-electron chi connectivity index (χ3n) is 0.646. The zero-order valence-electron chi connectivity index (χ0n) is 4.70. The number of carbonyl (C=O) groups is 1. The van der Waals surface area contributed by atoms with Crippen LogP contribution < -0.4 is 11.6 Å². The van der Waals surface area contributed by atoms with Gasteiger partial charge in [-0.25, -0.2) is 10.7 Å². The molecule has 0 spiro atoms. The summed E-state index contributed by atoms with van der Waals surface area (Å²) < 4.78 is 0. The Kier molecular flexibility index (Phi) is 3.41. The summed E-state index contributed by atoms with van der Waals surface area (Å²) in [7, 11) is 0. The first-order chi connectivity index (χ1) is 4.18. The molecule has 5 nitrogen and oxygen atoms in total. The molecule has 52 valence electrons. The molecule has 0 rings (SSSR count). The van der Waals surface area contributed by atoms with Crippen molar-refractivity contribution in [3.05, 3.63) is 11.8 Å². The number of rotatable bonds is 3. The Hall–Kier alpha value is -1.07. The third kappa shape index (κ3) is 3.51. The summed E-state index contributed by atoms with van der Waals surface area (Å²) in [4.78, 5) is 14.0. The van der Waals surface area contributed by atoms with E-state index in [9.17, 15) is 4.79 Å². The molecule has 0 unspecified atom stereocenters. The highest BCUT2D eigenvalue weighted by atomic mass is 16.6. The molecule has 0 aliphatic carbocycles. The van der Waals surface area contributed by atoms with E-state index in [1.54, 1.807) is 0 Å². The maximum atomic E-state index is 9.92. The molecule has 0 aromatic rings. The van der Waals surface area contributed by atoms with Gasteiger partial charge in [-0.3, -0.25) is 0 Å². The minimum atomic E-state index is -1.17. The molecule has 0 atom stereocenters. The van der Waals surface area contributed by atoms with Crippen LogP contribution in [-0.2, 0) is 9.63 Å². The molecule has 0 aromatic heterocycles. The van der Waals surface area contributed by atoms with Gasteiger partial charge in [0.1, 0.15) is 5.70 Å². The summed E-state index contributed by atoms with van der Waals surface area (Å²) in [5.41, 5.74) is 4.67. The normalized spacial score (nSPS) is 11.4. The quantitative estimate of drug-likeness (QED) is 0.331. The average molecular weight is 132 g/mol. The SMILES string of the molecule is NOCC=C(N)C(=O)O. The number of hydrogen-bond donors (Lipinski definition) is 3. The van der Waals surface area contributed by atoms with Crippen molar-refractivity contribution in [3.63, 3.8) is 0 Å². The molecule has 5 N–H and O–H groups in total. The monoisotopic (exact) mass is 132 g/mol. The first kappa shape index (κ1) is 7.93. The zero-order chi connectivity index (χ0) is 7.28. The van der Waals surface area contributed by atoms with E-state index in [1.807, 2.05) is 0 Å². The Morgan fingerprint density at radius 1 is 1.78 bits per heavy atom. The lowest BCUT2D eigenvalue weighted by Crippen LogP contribution is -2.11. The highest BCUT2D eigenvalue weighted by Crippen LogP contribution is 1.81. The van der Waals surface area contributed by atoms with E-state index in [0.717, 1.165) is 0 Å². The molecular formula is C4H8N2O3. The van der Waals surface area contributed by atoms with E-state index in [2.05, 4.69) is 10.7 Å². The van der Waals surface area contributed by atoms with Crippen LogP contribution in [0.5, 0.6) is 0 Å². The van der Waals surface area contributed by atoms with Crippen LogP contribution >= 0.6 is 0 Å². The number of aliphatic carboxylic acids is 1. The van der Waals surface area contributed by atoms with Crippen molar-refractivity contribution in [2.45, 2.75) is 0 Å². The van der Waals surface area contributed by atoms with Crippen molar-refractivity contribution in [1.82, 2.24) is 0 Å². The molecule has 0 saturated carbocycles. The molecule has 0 fully saturated rings. The topological polar surface area (TPSA) is 98.6 Å². The van der Waals surface area contributed by atoms with E-state index < -0.39 is 5.97 Å². The van der Waals surface area contributed by atoms with E-state index in [0.29, 0.717) is 0 Å². The second kappa shape index (κ2) is 3.88. The lowest BCUT2D eigenvalue weighted by molar-refractivity contribution is -0.132. The third-order valence-corrected chi connectivity index (χ3v) is 0.646. The maximum absolute atomic E-state index is 9.92. The summed E-state index contributed by atoms with van der Waals surface area (Å²) in [5.74, 6) is 3.41. The van der Waals surface area contributed by atoms with E-state index in [4.69, 9.17) is 10.8 Å². The average Bonchev–Trinajstić information content (AvgIpc) is 1.82. The molecule has 0 heterocycles. The lowest BCUT2D eigenvalue weighted by atomic mass is 10.4. The van der Waals surface area contributed by atoms with Crippen LogP contribution in [0, 0.1) is 0 Å². The molecular weight excluding hydrogens is 124 g/mol. The van der Waals surface area contributed by atoms with Crippen molar-refractivity contribution >= 4 is 5.97 Å². The van der Waals surface area contributed by atoms with Crippen molar-refractivity contribution in [1.29, 1.82) is 0 Å². The summed E-state index contributed by atoms with van der Waals surface area (Å²) in [5, 5.41) is 8.12. The van der Waals surface area contributed by atoms with Gasteiger partial charge in [0, 0.05) is 0 Å². The van der Waals surface area contributed by atoms with Crippen molar-refractivity contribution < 1.29 is 14.7 Å². The number of carboxylic acids is 1. The molecule has 0 saturated heterocycles. The van der Waals surface area contributed by atoms with Gasteiger partial charge < -0.3 is 15.7 Å². The first-order valence-corrected chi connectivity index (χ1v) is 2.19. The highest BCUT2D eigenvalue weighted by Gasteiger charge is 1.97. The fourth-order valence-corrected chi connectivity index (χ4v) is 0.225. The fraction of sp³-hybridized carbons (Fsp3) is 0.250. The molecule has 9 heavy (non-hydrogen) atoms. The van der Waals surface area contributed by atoms with Gasteiger partial charge in [0.05, 0.1) is 6.61 Å². The van der Waals surface area contributed by atoms with Gasteiger partial charge in [0.15, 0.2) is 0 Å². The summed E-state index contributed by atoms with van der Waals surface area (Å²) >= 11 is 0. The highest BCUT2D eigenvalue weighted by molar-refractivity contribution is 5.85. The van der Waals surface area contributed by atoms with Gasteiger partial charge in [-0.15, -0.1) is 0 Å². The predicted octanol–water partition coefficient (Wildman–Crippen LogP) is -1.20. The van der Waals surface area contributed by atoms with Crippen molar-refractivity contribution in [2.24, 2.45) is 11.6 Å². The predicted molar refractivity (Wildman–Crippen MR) is 30.0 cm³/mol. The standard InChI is InChI=1S/C4H8N2O3/c5-3(4(7)8)1-2-9-6/h1H,2,5-6H2,(H,7,8). The van der Waals surface area contributed by atoms with E-state index >= 15 is 0 Å². The van der Waals surface area contributed by atoms with Gasteiger partial charge in [0.25, 0.3) is 0 Å². The van der Waals surface area contributed by atoms with Gasteiger partial charge in [-0.2, -0.15) is 0 Å². The summed E-state index contributed by atoms with van der Waals surface area (Å²) in [6.45, 7) is 0.0120. The molecule has 0 radical (unpaired) electrons. The Bertz CT molecular complexity index is 132. The first-order valence-electron chi connectivity index (χ1n) is 2.19. The second-order valence-corrected chi connectivity index (χ2v) is 1.30. The number of hydrogen-bond acceptors (Lipinski definition) is 4. The Labute approximate surface area is 51.8 Å². The van der Waals surface area contributed by atoms with Crippen LogP contribution in [0.3, 0.4) is 0 Å². The fourth-order valence-electron chi connectivity index (χ4n) is 0.225. The van der Waals surface area contributed by atoms with Gasteiger partial charge in [-0.1, -0.05) is 0 Å². The van der Waals surface area contributed by atoms with Crippen LogP contribution in [-0.4, -0.2) is 17.7 Å². The molecule has 0 bridgehead atoms. The summed E-state index contributed by atoms with van der Waals surface area (Å²) in [6.07, 6.45) is 1.17. The van der Waals surface area contributed by atoms with Crippen LogP contribution in [0.1, 0.15) is 0 Å². The van der Waals surface area contributed by atoms with E-state index in [-0.39, 0.29) is 12.3 Å². The minimum Gasteiger partial charge on any atom is -0.477 e. The van der Waals surface area contributed by atoms with Gasteiger partial charge >= 0.3 is 5.97 Å². The number of nitrogens with two attached hydrogens (primary N) is 2. The zero-order valence-corrected chi connectivity index (χ0v) is 4.70. The molecule has 5 heteroatoms. The lowest BCUT2D eigenvalue weighted by Gasteiger charge is -1.90. The van der Waals surface area contributed by atoms with Crippen molar-refractivity contribution in [3.8, 4) is 0 Å². The Morgan fingerprint density at radius 3 is 2.67 bits per heavy atom. The summed E-state index contributed by atoms with van der Waals surface area (Å²) in [6, 6.07) is 0. The molecule has 0 aliphatic heterocycles. The van der Waals surface area contributed by atoms with Gasteiger partial charge in [0.2, 0.25) is 0 Å². The Balaban J connectivity index is 3.69.